The van der Waals surface area contributed by atoms with E-state index in [4.69, 9.17) is 9.47 Å². The summed E-state index contributed by atoms with van der Waals surface area (Å²) in [5, 5.41) is 14.0. The molecule has 2 heterocycles. The number of hydrogen-bond donors (Lipinski definition) is 4. The van der Waals surface area contributed by atoms with Crippen LogP contribution < -0.4 is 19.5 Å². The van der Waals surface area contributed by atoms with Gasteiger partial charge < -0.3 is 24.9 Å². The van der Waals surface area contributed by atoms with Crippen molar-refractivity contribution in [1.29, 1.82) is 0 Å². The van der Waals surface area contributed by atoms with Crippen LogP contribution in [-0.4, -0.2) is 56.5 Å². The van der Waals surface area contributed by atoms with E-state index in [1.807, 2.05) is 36.5 Å². The Balaban J connectivity index is 1.45. The number of ether oxygens (including phenoxy) is 2. The van der Waals surface area contributed by atoms with Gasteiger partial charge in [-0.25, -0.2) is 8.42 Å². The highest BCUT2D eigenvalue weighted by molar-refractivity contribution is 7.92. The smallest absolute Gasteiger partial charge is 0.255 e. The molecule has 1 aliphatic rings. The van der Waals surface area contributed by atoms with Crippen LogP contribution in [0.25, 0.3) is 22.0 Å². The van der Waals surface area contributed by atoms with Crippen molar-refractivity contribution >= 4 is 32.5 Å². The number of carbonyl (C=O) groups excluding carboxylic acids is 1. The highest BCUT2D eigenvalue weighted by Gasteiger charge is 2.25. The number of fused-ring (bicyclic) bond motifs is 2. The van der Waals surface area contributed by atoms with Gasteiger partial charge in [-0.1, -0.05) is 30.3 Å². The predicted molar refractivity (Wildman–Crippen MR) is 142 cm³/mol. The van der Waals surface area contributed by atoms with E-state index >= 15 is 0 Å². The molecular formula is C27H27N3O6S. The first-order valence-electron chi connectivity index (χ1n) is 11.8. The second-order valence-corrected chi connectivity index (χ2v) is 10.7. The van der Waals surface area contributed by atoms with E-state index in [-0.39, 0.29) is 12.2 Å². The molecule has 192 valence electrons. The summed E-state index contributed by atoms with van der Waals surface area (Å²) in [6, 6.07) is 17.6. The first-order valence-corrected chi connectivity index (χ1v) is 13.7. The Morgan fingerprint density at radius 1 is 1.05 bits per heavy atom. The summed E-state index contributed by atoms with van der Waals surface area (Å²) >= 11 is 0. The highest BCUT2D eigenvalue weighted by Crippen LogP contribution is 2.39. The van der Waals surface area contributed by atoms with Gasteiger partial charge in [-0.2, -0.15) is 0 Å². The van der Waals surface area contributed by atoms with Gasteiger partial charge in [-0.3, -0.25) is 9.52 Å². The maximum Gasteiger partial charge on any atom is 0.255 e. The van der Waals surface area contributed by atoms with Gasteiger partial charge in [0.2, 0.25) is 10.0 Å². The van der Waals surface area contributed by atoms with Crippen molar-refractivity contribution in [2.75, 3.05) is 30.8 Å². The number of anilines is 1. The van der Waals surface area contributed by atoms with Crippen molar-refractivity contribution in [1.82, 2.24) is 10.3 Å². The number of carbonyl (C=O) groups is 1. The van der Waals surface area contributed by atoms with Crippen LogP contribution in [0, 0.1) is 0 Å². The van der Waals surface area contributed by atoms with Crippen molar-refractivity contribution in [3.8, 4) is 22.6 Å². The largest absolute Gasteiger partial charge is 0.486 e. The molecule has 9 nitrogen and oxygen atoms in total. The second-order valence-electron chi connectivity index (χ2n) is 8.92. The lowest BCUT2D eigenvalue weighted by Gasteiger charge is -2.23. The monoisotopic (exact) mass is 521 g/mol. The van der Waals surface area contributed by atoms with E-state index in [0.717, 1.165) is 22.7 Å². The van der Waals surface area contributed by atoms with E-state index in [9.17, 15) is 18.3 Å². The van der Waals surface area contributed by atoms with Gasteiger partial charge in [0, 0.05) is 22.8 Å². The van der Waals surface area contributed by atoms with Gasteiger partial charge in [0.15, 0.2) is 11.5 Å². The SMILES string of the molecule is CS(=O)(=O)Nc1cccc(-c2cc3c(c(C(=O)N[C@@H](CO)Cc4c[nH]c5ccccc45)c2)OCCO3)c1. The van der Waals surface area contributed by atoms with E-state index in [1.54, 1.807) is 30.3 Å². The van der Waals surface area contributed by atoms with Crippen molar-refractivity contribution in [3.05, 3.63) is 78.0 Å². The quantitative estimate of drug-likeness (QED) is 0.282. The molecule has 1 aromatic heterocycles. The summed E-state index contributed by atoms with van der Waals surface area (Å²) in [5.74, 6) is 0.349. The number of amides is 1. The van der Waals surface area contributed by atoms with E-state index in [2.05, 4.69) is 15.0 Å². The number of benzene rings is 3. The zero-order valence-corrected chi connectivity index (χ0v) is 21.0. The van der Waals surface area contributed by atoms with E-state index in [0.29, 0.717) is 47.9 Å². The molecule has 0 spiro atoms. The minimum absolute atomic E-state index is 0.246. The third-order valence-corrected chi connectivity index (χ3v) is 6.69. The second kappa shape index (κ2) is 10.2. The van der Waals surface area contributed by atoms with Gasteiger partial charge in [-0.15, -0.1) is 0 Å². The van der Waals surface area contributed by atoms with Crippen LogP contribution in [0.4, 0.5) is 5.69 Å². The molecule has 0 bridgehead atoms. The molecule has 4 aromatic rings. The molecule has 0 saturated heterocycles. The molecule has 0 saturated carbocycles. The number of nitrogens with one attached hydrogen (secondary N) is 3. The van der Waals surface area contributed by atoms with Crippen LogP contribution >= 0.6 is 0 Å². The summed E-state index contributed by atoms with van der Waals surface area (Å²) in [6.07, 6.45) is 3.40. The summed E-state index contributed by atoms with van der Waals surface area (Å²) in [6.45, 7) is 0.399. The molecule has 0 radical (unpaired) electrons. The van der Waals surface area contributed by atoms with Gasteiger partial charge in [0.05, 0.1) is 24.5 Å². The number of rotatable bonds is 8. The van der Waals surface area contributed by atoms with Crippen molar-refractivity contribution in [3.63, 3.8) is 0 Å². The summed E-state index contributed by atoms with van der Waals surface area (Å²) in [7, 11) is -3.45. The number of aromatic nitrogens is 1. The third-order valence-electron chi connectivity index (χ3n) is 6.08. The van der Waals surface area contributed by atoms with Gasteiger partial charge in [0.1, 0.15) is 13.2 Å². The lowest BCUT2D eigenvalue weighted by Crippen LogP contribution is -2.39. The molecule has 10 heteroatoms. The first kappa shape index (κ1) is 24.7. The normalized spacial score (nSPS) is 13.8. The number of aliphatic hydroxyl groups is 1. The van der Waals surface area contributed by atoms with Crippen molar-refractivity contribution in [2.24, 2.45) is 0 Å². The number of sulfonamides is 1. The first-order chi connectivity index (χ1) is 17.8. The lowest BCUT2D eigenvalue weighted by atomic mass is 9.99. The highest BCUT2D eigenvalue weighted by atomic mass is 32.2. The fourth-order valence-electron chi connectivity index (χ4n) is 4.46. The maximum absolute atomic E-state index is 13.5. The summed E-state index contributed by atoms with van der Waals surface area (Å²) < 4.78 is 37.4. The van der Waals surface area contributed by atoms with Crippen LogP contribution in [0.15, 0.2) is 66.9 Å². The van der Waals surface area contributed by atoms with Crippen molar-refractivity contribution in [2.45, 2.75) is 12.5 Å². The molecule has 0 aliphatic carbocycles. The van der Waals surface area contributed by atoms with Gasteiger partial charge >= 0.3 is 0 Å². The van der Waals surface area contributed by atoms with E-state index in [1.165, 1.54) is 0 Å². The molecular weight excluding hydrogens is 494 g/mol. The van der Waals surface area contributed by atoms with E-state index < -0.39 is 22.0 Å². The van der Waals surface area contributed by atoms with Gasteiger partial charge in [-0.05, 0) is 53.4 Å². The van der Waals surface area contributed by atoms with Crippen LogP contribution in [0.1, 0.15) is 15.9 Å². The zero-order valence-electron chi connectivity index (χ0n) is 20.2. The molecule has 0 unspecified atom stereocenters. The Kier molecular flexibility index (Phi) is 6.77. The standard InChI is InChI=1S/C27H27N3O6S/c1-37(33,34)30-20-6-4-5-17(11-20)18-13-23(26-25(14-18)35-9-10-36-26)27(32)29-21(16-31)12-19-15-28-24-8-3-2-7-22(19)24/h2-8,11,13-15,21,28,30-31H,9-10,12,16H2,1H3,(H,29,32)/t21-/m1/s1. The molecule has 4 N–H and O–H groups in total. The minimum Gasteiger partial charge on any atom is -0.486 e. The topological polar surface area (TPSA) is 130 Å². The number of para-hydroxylation sites is 1. The number of aliphatic hydroxyl groups excluding tert-OH is 1. The fraction of sp³-hybridized carbons (Fsp3) is 0.222. The summed E-state index contributed by atoms with van der Waals surface area (Å²) in [4.78, 5) is 16.7. The average molecular weight is 522 g/mol. The zero-order chi connectivity index (χ0) is 26.0. The van der Waals surface area contributed by atoms with Crippen molar-refractivity contribution < 1.29 is 27.8 Å². The Bertz CT molecular complexity index is 1560. The molecule has 3 aromatic carbocycles. The van der Waals surface area contributed by atoms with Crippen LogP contribution in [0.5, 0.6) is 11.5 Å². The van der Waals surface area contributed by atoms with Crippen LogP contribution in [-0.2, 0) is 16.4 Å². The molecule has 37 heavy (non-hydrogen) atoms. The molecule has 5 rings (SSSR count). The summed E-state index contributed by atoms with van der Waals surface area (Å²) in [5.41, 5.74) is 3.99. The van der Waals surface area contributed by atoms with Crippen LogP contribution in [0.3, 0.4) is 0 Å². The lowest BCUT2D eigenvalue weighted by molar-refractivity contribution is 0.0906. The third kappa shape index (κ3) is 5.55. The number of aromatic amines is 1. The maximum atomic E-state index is 13.5. The molecule has 1 aliphatic heterocycles. The fourth-order valence-corrected chi connectivity index (χ4v) is 5.01. The Hall–Kier alpha value is -4.02. The predicted octanol–water partition coefficient (Wildman–Crippen LogP) is 3.31. The Morgan fingerprint density at radius 2 is 1.86 bits per heavy atom. The van der Waals surface area contributed by atoms with Crippen LogP contribution in [0.2, 0.25) is 0 Å². The molecule has 0 fully saturated rings. The number of hydrogen-bond acceptors (Lipinski definition) is 6. The molecule has 1 atom stereocenters. The minimum atomic E-state index is -3.45. The number of H-pyrrole nitrogens is 1. The Labute approximate surface area is 214 Å². The Morgan fingerprint density at radius 3 is 2.68 bits per heavy atom. The average Bonchev–Trinajstić information content (AvgIpc) is 3.29. The van der Waals surface area contributed by atoms with Gasteiger partial charge in [0.25, 0.3) is 5.91 Å². The molecule has 1 amide bonds.